The highest BCUT2D eigenvalue weighted by molar-refractivity contribution is 5.93. The van der Waals surface area contributed by atoms with Crippen molar-refractivity contribution in [3.63, 3.8) is 0 Å². The van der Waals surface area contributed by atoms with E-state index in [4.69, 9.17) is 4.74 Å². The van der Waals surface area contributed by atoms with E-state index >= 15 is 0 Å². The first-order valence-corrected chi connectivity index (χ1v) is 7.74. The summed E-state index contributed by atoms with van der Waals surface area (Å²) in [6.07, 6.45) is 5.04. The van der Waals surface area contributed by atoms with Crippen molar-refractivity contribution >= 4 is 11.6 Å². The van der Waals surface area contributed by atoms with Crippen molar-refractivity contribution in [1.29, 1.82) is 0 Å². The number of aromatic nitrogens is 2. The SMILES string of the molecule is C=CCCOC(C)C(=O)Nc1cccc(Cn2cccnc2=O)c1. The standard InChI is InChI=1S/C18H21N3O3/c1-3-4-11-24-14(2)17(22)20-16-8-5-7-15(12-16)13-21-10-6-9-19-18(21)23/h3,5-10,12,14H,1,4,11,13H2,2H3,(H,20,22). The van der Waals surface area contributed by atoms with Crippen LogP contribution in [-0.2, 0) is 16.1 Å². The molecule has 1 atom stereocenters. The minimum atomic E-state index is -0.547. The Kier molecular flexibility index (Phi) is 6.45. The first-order valence-electron chi connectivity index (χ1n) is 7.74. The predicted molar refractivity (Wildman–Crippen MR) is 92.9 cm³/mol. The summed E-state index contributed by atoms with van der Waals surface area (Å²) < 4.78 is 6.92. The Hall–Kier alpha value is -2.73. The van der Waals surface area contributed by atoms with E-state index in [2.05, 4.69) is 16.9 Å². The first kappa shape index (κ1) is 17.6. The van der Waals surface area contributed by atoms with Gasteiger partial charge in [-0.15, -0.1) is 6.58 Å². The molecule has 0 saturated heterocycles. The van der Waals surface area contributed by atoms with Crippen molar-refractivity contribution in [2.45, 2.75) is 26.0 Å². The van der Waals surface area contributed by atoms with E-state index in [1.54, 1.807) is 31.3 Å². The molecule has 2 rings (SSSR count). The molecular formula is C18H21N3O3. The highest BCUT2D eigenvalue weighted by Crippen LogP contribution is 2.12. The Balaban J connectivity index is 2.00. The van der Waals surface area contributed by atoms with Gasteiger partial charge in [0.1, 0.15) is 6.10 Å². The summed E-state index contributed by atoms with van der Waals surface area (Å²) in [5, 5.41) is 2.82. The topological polar surface area (TPSA) is 73.2 Å². The molecule has 0 radical (unpaired) electrons. The molecule has 2 aromatic rings. The molecule has 0 aliphatic rings. The molecule has 0 aliphatic carbocycles. The van der Waals surface area contributed by atoms with E-state index in [1.165, 1.54) is 10.8 Å². The van der Waals surface area contributed by atoms with Crippen molar-refractivity contribution in [1.82, 2.24) is 9.55 Å². The fourth-order valence-electron chi connectivity index (χ4n) is 2.10. The van der Waals surface area contributed by atoms with Gasteiger partial charge in [-0.05, 0) is 37.1 Å². The number of nitrogens with zero attached hydrogens (tertiary/aromatic N) is 2. The smallest absolute Gasteiger partial charge is 0.347 e. The molecular weight excluding hydrogens is 306 g/mol. The number of rotatable bonds is 8. The molecule has 126 valence electrons. The number of nitrogens with one attached hydrogen (secondary N) is 1. The van der Waals surface area contributed by atoms with Gasteiger partial charge in [0.2, 0.25) is 0 Å². The molecule has 1 heterocycles. The lowest BCUT2D eigenvalue weighted by molar-refractivity contribution is -0.126. The van der Waals surface area contributed by atoms with Crippen molar-refractivity contribution in [3.8, 4) is 0 Å². The second-order valence-corrected chi connectivity index (χ2v) is 5.31. The van der Waals surface area contributed by atoms with Crippen LogP contribution in [0.5, 0.6) is 0 Å². The van der Waals surface area contributed by atoms with Crippen LogP contribution in [0.15, 0.2) is 60.2 Å². The molecule has 24 heavy (non-hydrogen) atoms. The number of carbonyl (C=O) groups is 1. The third kappa shape index (κ3) is 5.17. The van der Waals surface area contributed by atoms with Crippen molar-refractivity contribution in [2.75, 3.05) is 11.9 Å². The average Bonchev–Trinajstić information content (AvgIpc) is 2.57. The van der Waals surface area contributed by atoms with Crippen LogP contribution in [0, 0.1) is 0 Å². The Labute approximate surface area is 140 Å². The molecule has 0 aliphatic heterocycles. The molecule has 0 saturated carbocycles. The fourth-order valence-corrected chi connectivity index (χ4v) is 2.10. The second-order valence-electron chi connectivity index (χ2n) is 5.31. The number of carbonyl (C=O) groups excluding carboxylic acids is 1. The Morgan fingerprint density at radius 3 is 3.04 bits per heavy atom. The maximum absolute atomic E-state index is 12.1. The van der Waals surface area contributed by atoms with Crippen LogP contribution < -0.4 is 11.0 Å². The van der Waals surface area contributed by atoms with Crippen molar-refractivity contribution in [3.05, 3.63) is 71.4 Å². The van der Waals surface area contributed by atoms with Crippen LogP contribution in [0.3, 0.4) is 0 Å². The summed E-state index contributed by atoms with van der Waals surface area (Å²) >= 11 is 0. The Morgan fingerprint density at radius 1 is 1.46 bits per heavy atom. The lowest BCUT2D eigenvalue weighted by atomic mass is 10.2. The van der Waals surface area contributed by atoms with Gasteiger partial charge < -0.3 is 10.1 Å². The molecule has 1 unspecified atom stereocenters. The van der Waals surface area contributed by atoms with Gasteiger partial charge in [0.15, 0.2) is 0 Å². The number of anilines is 1. The molecule has 0 fully saturated rings. The molecule has 0 spiro atoms. The largest absolute Gasteiger partial charge is 0.368 e. The summed E-state index contributed by atoms with van der Waals surface area (Å²) in [5.74, 6) is -0.213. The van der Waals surface area contributed by atoms with E-state index < -0.39 is 6.10 Å². The van der Waals surface area contributed by atoms with Crippen molar-refractivity contribution in [2.24, 2.45) is 0 Å². The zero-order valence-corrected chi connectivity index (χ0v) is 13.6. The quantitative estimate of drug-likeness (QED) is 0.596. The monoisotopic (exact) mass is 327 g/mol. The highest BCUT2D eigenvalue weighted by atomic mass is 16.5. The van der Waals surface area contributed by atoms with Gasteiger partial charge in [0.25, 0.3) is 5.91 Å². The van der Waals surface area contributed by atoms with Gasteiger partial charge in [-0.3, -0.25) is 9.36 Å². The molecule has 1 aromatic carbocycles. The fraction of sp³-hybridized carbons (Fsp3) is 0.278. The molecule has 6 nitrogen and oxygen atoms in total. The van der Waals surface area contributed by atoms with E-state index in [9.17, 15) is 9.59 Å². The maximum atomic E-state index is 12.1. The van der Waals surface area contributed by atoms with Crippen LogP contribution >= 0.6 is 0 Å². The van der Waals surface area contributed by atoms with E-state index in [0.29, 0.717) is 25.3 Å². The van der Waals surface area contributed by atoms with E-state index in [1.807, 2.05) is 18.2 Å². The lowest BCUT2D eigenvalue weighted by Crippen LogP contribution is -2.28. The van der Waals surface area contributed by atoms with Crippen LogP contribution in [-0.4, -0.2) is 28.2 Å². The van der Waals surface area contributed by atoms with Gasteiger partial charge in [0, 0.05) is 18.1 Å². The molecule has 1 amide bonds. The number of hydrogen-bond acceptors (Lipinski definition) is 4. The van der Waals surface area contributed by atoms with Gasteiger partial charge in [-0.25, -0.2) is 9.78 Å². The summed E-state index contributed by atoms with van der Waals surface area (Å²) in [7, 11) is 0. The van der Waals surface area contributed by atoms with E-state index in [-0.39, 0.29) is 11.6 Å². The van der Waals surface area contributed by atoms with Crippen LogP contribution in [0.1, 0.15) is 18.9 Å². The van der Waals surface area contributed by atoms with Crippen LogP contribution in [0.4, 0.5) is 5.69 Å². The minimum absolute atomic E-state index is 0.213. The van der Waals surface area contributed by atoms with Gasteiger partial charge in [-0.1, -0.05) is 18.2 Å². The normalized spacial score (nSPS) is 11.7. The van der Waals surface area contributed by atoms with Crippen molar-refractivity contribution < 1.29 is 9.53 Å². The zero-order chi connectivity index (χ0) is 17.4. The molecule has 1 aromatic heterocycles. The molecule has 0 bridgehead atoms. The summed E-state index contributed by atoms with van der Waals surface area (Å²) in [6.45, 7) is 6.17. The summed E-state index contributed by atoms with van der Waals surface area (Å²) in [4.78, 5) is 27.5. The Bertz CT molecular complexity index is 755. The Morgan fingerprint density at radius 2 is 2.29 bits per heavy atom. The first-order chi connectivity index (χ1) is 11.6. The van der Waals surface area contributed by atoms with Crippen LogP contribution in [0.25, 0.3) is 0 Å². The number of amides is 1. The number of hydrogen-bond donors (Lipinski definition) is 1. The predicted octanol–water partition coefficient (Wildman–Crippen LogP) is 2.21. The lowest BCUT2D eigenvalue weighted by Gasteiger charge is -2.13. The summed E-state index contributed by atoms with van der Waals surface area (Å²) in [5.41, 5.74) is 1.24. The van der Waals surface area contributed by atoms with Gasteiger partial charge in [-0.2, -0.15) is 0 Å². The minimum Gasteiger partial charge on any atom is -0.368 e. The zero-order valence-electron chi connectivity index (χ0n) is 13.6. The maximum Gasteiger partial charge on any atom is 0.347 e. The van der Waals surface area contributed by atoms with E-state index in [0.717, 1.165) is 5.56 Å². The third-order valence-corrected chi connectivity index (χ3v) is 3.39. The summed E-state index contributed by atoms with van der Waals surface area (Å²) in [6, 6.07) is 9.04. The average molecular weight is 327 g/mol. The molecule has 1 N–H and O–H groups in total. The highest BCUT2D eigenvalue weighted by Gasteiger charge is 2.13. The number of benzene rings is 1. The van der Waals surface area contributed by atoms with Gasteiger partial charge in [0.05, 0.1) is 13.2 Å². The van der Waals surface area contributed by atoms with Gasteiger partial charge >= 0.3 is 5.69 Å². The third-order valence-electron chi connectivity index (χ3n) is 3.39. The second kappa shape index (κ2) is 8.79. The van der Waals surface area contributed by atoms with Crippen LogP contribution in [0.2, 0.25) is 0 Å². The molecule has 6 heteroatoms. The number of ether oxygens (including phenoxy) is 1.